The lowest BCUT2D eigenvalue weighted by molar-refractivity contribution is 0.140. The number of ether oxygens (including phenoxy) is 1. The molecule has 72 valence electrons. The van der Waals surface area contributed by atoms with E-state index in [0.29, 0.717) is 6.04 Å². The van der Waals surface area contributed by atoms with Crippen molar-refractivity contribution in [2.45, 2.75) is 43.7 Å². The highest BCUT2D eigenvalue weighted by molar-refractivity contribution is 5.10. The van der Waals surface area contributed by atoms with E-state index in [1.54, 1.807) is 0 Å². The van der Waals surface area contributed by atoms with E-state index >= 15 is 0 Å². The van der Waals surface area contributed by atoms with Gasteiger partial charge in [-0.1, -0.05) is 0 Å². The number of nitriles is 1. The molecule has 2 aliphatic rings. The first-order chi connectivity index (χ1) is 6.35. The molecule has 2 rings (SSSR count). The maximum absolute atomic E-state index is 9.18. The lowest BCUT2D eigenvalue weighted by atomic mass is 9.92. The quantitative estimate of drug-likeness (QED) is 0.694. The van der Waals surface area contributed by atoms with Gasteiger partial charge in [-0.25, -0.2) is 0 Å². The zero-order valence-corrected chi connectivity index (χ0v) is 7.88. The molecule has 3 nitrogen and oxygen atoms in total. The van der Waals surface area contributed by atoms with Crippen molar-refractivity contribution in [2.75, 3.05) is 13.2 Å². The van der Waals surface area contributed by atoms with Crippen LogP contribution >= 0.6 is 0 Å². The number of hydrogen-bond acceptors (Lipinski definition) is 3. The predicted octanol–water partition coefficient (Wildman–Crippen LogP) is 1.20. The molecule has 0 bridgehead atoms. The standard InChI is InChI=1S/C10H16N2O/c11-8-10(12-9-2-3-9)4-1-6-13-7-5-10/h9,12H,1-7H2. The maximum atomic E-state index is 9.18. The first kappa shape index (κ1) is 8.98. The van der Waals surface area contributed by atoms with Crippen LogP contribution in [0.5, 0.6) is 0 Å². The second-order valence-electron chi connectivity index (χ2n) is 4.08. The van der Waals surface area contributed by atoms with Crippen LogP contribution < -0.4 is 5.32 Å². The van der Waals surface area contributed by atoms with Crippen LogP contribution in [0.2, 0.25) is 0 Å². The van der Waals surface area contributed by atoms with Crippen LogP contribution in [0.4, 0.5) is 0 Å². The van der Waals surface area contributed by atoms with Gasteiger partial charge < -0.3 is 4.74 Å². The summed E-state index contributed by atoms with van der Waals surface area (Å²) in [7, 11) is 0. The summed E-state index contributed by atoms with van der Waals surface area (Å²) in [5.74, 6) is 0. The number of nitrogens with zero attached hydrogens (tertiary/aromatic N) is 1. The Bertz CT molecular complexity index is 209. The molecule has 0 aromatic rings. The molecule has 1 unspecified atom stereocenters. The Kier molecular flexibility index (Phi) is 2.52. The minimum absolute atomic E-state index is 0.280. The van der Waals surface area contributed by atoms with Crippen molar-refractivity contribution < 1.29 is 4.74 Å². The molecule has 1 aliphatic heterocycles. The summed E-state index contributed by atoms with van der Waals surface area (Å²) >= 11 is 0. The molecule has 0 aromatic carbocycles. The average Bonchev–Trinajstić information content (AvgIpc) is 2.94. The minimum Gasteiger partial charge on any atom is -0.381 e. The Morgan fingerprint density at radius 3 is 2.85 bits per heavy atom. The molecular weight excluding hydrogens is 164 g/mol. The highest BCUT2D eigenvalue weighted by Gasteiger charge is 2.36. The molecule has 0 aromatic heterocycles. The van der Waals surface area contributed by atoms with Gasteiger partial charge in [-0.15, -0.1) is 0 Å². The van der Waals surface area contributed by atoms with Crippen molar-refractivity contribution in [3.05, 3.63) is 0 Å². The summed E-state index contributed by atoms with van der Waals surface area (Å²) < 4.78 is 5.36. The first-order valence-electron chi connectivity index (χ1n) is 5.11. The van der Waals surface area contributed by atoms with Crippen LogP contribution in [0.25, 0.3) is 0 Å². The topological polar surface area (TPSA) is 45.0 Å². The van der Waals surface area contributed by atoms with Gasteiger partial charge in [-0.3, -0.25) is 5.32 Å². The fourth-order valence-corrected chi connectivity index (χ4v) is 1.86. The van der Waals surface area contributed by atoms with Gasteiger partial charge in [0.25, 0.3) is 0 Å². The molecule has 0 spiro atoms. The van der Waals surface area contributed by atoms with Crippen LogP contribution in [0.3, 0.4) is 0 Å². The molecule has 2 fully saturated rings. The maximum Gasteiger partial charge on any atom is 0.109 e. The van der Waals surface area contributed by atoms with E-state index in [9.17, 15) is 5.26 Å². The van der Waals surface area contributed by atoms with Crippen LogP contribution in [0.1, 0.15) is 32.1 Å². The van der Waals surface area contributed by atoms with Gasteiger partial charge >= 0.3 is 0 Å². The Morgan fingerprint density at radius 1 is 1.31 bits per heavy atom. The molecule has 1 N–H and O–H groups in total. The summed E-state index contributed by atoms with van der Waals surface area (Å²) in [5.41, 5.74) is -0.280. The van der Waals surface area contributed by atoms with Crippen LogP contribution in [-0.4, -0.2) is 24.8 Å². The van der Waals surface area contributed by atoms with Crippen LogP contribution in [0, 0.1) is 11.3 Å². The first-order valence-corrected chi connectivity index (χ1v) is 5.11. The fourth-order valence-electron chi connectivity index (χ4n) is 1.86. The highest BCUT2D eigenvalue weighted by atomic mass is 16.5. The molecule has 1 heterocycles. The van der Waals surface area contributed by atoms with Gasteiger partial charge in [0.2, 0.25) is 0 Å². The molecule has 1 saturated carbocycles. The molecule has 3 heteroatoms. The Balaban J connectivity index is 1.98. The molecule has 0 radical (unpaired) electrons. The second-order valence-corrected chi connectivity index (χ2v) is 4.08. The minimum atomic E-state index is -0.280. The Hall–Kier alpha value is -0.590. The summed E-state index contributed by atoms with van der Waals surface area (Å²) in [5, 5.41) is 12.6. The third-order valence-electron chi connectivity index (χ3n) is 2.84. The third kappa shape index (κ3) is 2.20. The van der Waals surface area contributed by atoms with Crippen molar-refractivity contribution in [3.8, 4) is 6.07 Å². The van der Waals surface area contributed by atoms with Crippen LogP contribution in [0.15, 0.2) is 0 Å². The average molecular weight is 180 g/mol. The molecule has 13 heavy (non-hydrogen) atoms. The van der Waals surface area contributed by atoms with E-state index in [-0.39, 0.29) is 5.54 Å². The monoisotopic (exact) mass is 180 g/mol. The van der Waals surface area contributed by atoms with Gasteiger partial charge in [0.1, 0.15) is 5.54 Å². The zero-order valence-electron chi connectivity index (χ0n) is 7.88. The second kappa shape index (κ2) is 3.65. The summed E-state index contributed by atoms with van der Waals surface area (Å²) in [6, 6.07) is 3.05. The van der Waals surface area contributed by atoms with Gasteiger partial charge in [-0.2, -0.15) is 5.26 Å². The molecular formula is C10H16N2O. The molecule has 1 saturated heterocycles. The highest BCUT2D eigenvalue weighted by Crippen LogP contribution is 2.27. The summed E-state index contributed by atoms with van der Waals surface area (Å²) in [6.07, 6.45) is 5.28. The zero-order chi connectivity index (χ0) is 9.15. The van der Waals surface area contributed by atoms with E-state index in [1.165, 1.54) is 12.8 Å². The fraction of sp³-hybridized carbons (Fsp3) is 0.900. The van der Waals surface area contributed by atoms with Crippen LogP contribution in [-0.2, 0) is 4.74 Å². The normalized spacial score (nSPS) is 35.0. The summed E-state index contributed by atoms with van der Waals surface area (Å²) in [4.78, 5) is 0. The number of hydrogen-bond donors (Lipinski definition) is 1. The van der Waals surface area contributed by atoms with E-state index in [4.69, 9.17) is 4.74 Å². The smallest absolute Gasteiger partial charge is 0.109 e. The largest absolute Gasteiger partial charge is 0.381 e. The Morgan fingerprint density at radius 2 is 2.15 bits per heavy atom. The van der Waals surface area contributed by atoms with Gasteiger partial charge in [-0.05, 0) is 25.7 Å². The van der Waals surface area contributed by atoms with Gasteiger partial charge in [0.15, 0.2) is 0 Å². The van der Waals surface area contributed by atoms with Crippen molar-refractivity contribution in [2.24, 2.45) is 0 Å². The number of rotatable bonds is 2. The van der Waals surface area contributed by atoms with Gasteiger partial charge in [0, 0.05) is 25.7 Å². The summed E-state index contributed by atoms with van der Waals surface area (Å²) in [6.45, 7) is 1.54. The van der Waals surface area contributed by atoms with Crippen molar-refractivity contribution in [1.82, 2.24) is 5.32 Å². The predicted molar refractivity (Wildman–Crippen MR) is 49.2 cm³/mol. The van der Waals surface area contributed by atoms with E-state index < -0.39 is 0 Å². The van der Waals surface area contributed by atoms with Crippen molar-refractivity contribution >= 4 is 0 Å². The van der Waals surface area contributed by atoms with E-state index in [0.717, 1.165) is 32.5 Å². The van der Waals surface area contributed by atoms with Gasteiger partial charge in [0.05, 0.1) is 6.07 Å². The van der Waals surface area contributed by atoms with Crippen molar-refractivity contribution in [3.63, 3.8) is 0 Å². The van der Waals surface area contributed by atoms with E-state index in [1.807, 2.05) is 0 Å². The molecule has 1 aliphatic carbocycles. The Labute approximate surface area is 79.1 Å². The van der Waals surface area contributed by atoms with Crippen molar-refractivity contribution in [1.29, 1.82) is 5.26 Å². The SMILES string of the molecule is N#CC1(NC2CC2)CCCOCC1. The molecule has 0 amide bonds. The number of nitrogens with one attached hydrogen (secondary N) is 1. The third-order valence-corrected chi connectivity index (χ3v) is 2.84. The molecule has 1 atom stereocenters. The lowest BCUT2D eigenvalue weighted by Gasteiger charge is -2.25. The lowest BCUT2D eigenvalue weighted by Crippen LogP contribution is -2.45. The van der Waals surface area contributed by atoms with E-state index in [2.05, 4.69) is 11.4 Å².